The molecule has 1 aromatic heterocycles. The maximum atomic E-state index is 11.8. The largest absolute Gasteiger partial charge is 0.482 e. The second-order valence-corrected chi connectivity index (χ2v) is 4.29. The molecular formula is C12H16N2O4. The number of rotatable bonds is 5. The summed E-state index contributed by atoms with van der Waals surface area (Å²) in [5.74, 6) is -1.02. The molecule has 0 saturated carbocycles. The Morgan fingerprint density at radius 2 is 2.17 bits per heavy atom. The van der Waals surface area contributed by atoms with Crippen molar-refractivity contribution < 1.29 is 19.4 Å². The zero-order valence-electron chi connectivity index (χ0n) is 10.6. The van der Waals surface area contributed by atoms with E-state index >= 15 is 0 Å². The van der Waals surface area contributed by atoms with E-state index in [2.05, 4.69) is 4.98 Å². The van der Waals surface area contributed by atoms with Gasteiger partial charge in [-0.3, -0.25) is 9.78 Å². The third-order valence-corrected chi connectivity index (χ3v) is 2.73. The first-order valence-corrected chi connectivity index (χ1v) is 5.38. The maximum absolute atomic E-state index is 11.8. The van der Waals surface area contributed by atoms with Crippen molar-refractivity contribution in [3.8, 4) is 5.75 Å². The number of aromatic nitrogens is 1. The highest BCUT2D eigenvalue weighted by Gasteiger charge is 2.35. The highest BCUT2D eigenvalue weighted by atomic mass is 16.5. The van der Waals surface area contributed by atoms with Gasteiger partial charge in [0.25, 0.3) is 5.91 Å². The molecule has 98 valence electrons. The number of likely N-dealkylation sites (N-methyl/N-ethyl adjacent to an activating group) is 1. The SMILES string of the molecule is CN(C(=O)COc1cccnc1)C(C)(C)C(=O)O. The Labute approximate surface area is 105 Å². The predicted molar refractivity (Wildman–Crippen MR) is 64.2 cm³/mol. The normalized spacial score (nSPS) is 10.8. The van der Waals surface area contributed by atoms with Gasteiger partial charge in [0.1, 0.15) is 11.3 Å². The van der Waals surface area contributed by atoms with Crippen molar-refractivity contribution in [3.63, 3.8) is 0 Å². The van der Waals surface area contributed by atoms with Crippen LogP contribution in [0.1, 0.15) is 13.8 Å². The van der Waals surface area contributed by atoms with Gasteiger partial charge in [-0.2, -0.15) is 0 Å². The van der Waals surface area contributed by atoms with Crippen LogP contribution in [0.2, 0.25) is 0 Å². The van der Waals surface area contributed by atoms with Crippen molar-refractivity contribution in [1.29, 1.82) is 0 Å². The number of amides is 1. The Hall–Kier alpha value is -2.11. The standard InChI is InChI=1S/C12H16N2O4/c1-12(2,11(16)17)14(3)10(15)8-18-9-5-4-6-13-7-9/h4-7H,8H2,1-3H3,(H,16,17). The molecule has 0 aromatic carbocycles. The molecule has 0 fully saturated rings. The van der Waals surface area contributed by atoms with E-state index in [-0.39, 0.29) is 6.61 Å². The van der Waals surface area contributed by atoms with Crippen molar-refractivity contribution in [2.24, 2.45) is 0 Å². The lowest BCUT2D eigenvalue weighted by Gasteiger charge is -2.31. The number of carbonyl (C=O) groups excluding carboxylic acids is 1. The molecule has 1 rings (SSSR count). The molecule has 0 unspecified atom stereocenters. The van der Waals surface area contributed by atoms with Crippen LogP contribution in [0.5, 0.6) is 5.75 Å². The zero-order valence-corrected chi connectivity index (χ0v) is 10.6. The molecule has 6 heteroatoms. The van der Waals surface area contributed by atoms with Gasteiger partial charge in [-0.25, -0.2) is 4.79 Å². The molecule has 1 N–H and O–H groups in total. The first-order chi connectivity index (χ1) is 8.35. The second-order valence-electron chi connectivity index (χ2n) is 4.29. The third-order valence-electron chi connectivity index (χ3n) is 2.73. The minimum Gasteiger partial charge on any atom is -0.482 e. The van der Waals surface area contributed by atoms with E-state index in [1.807, 2.05) is 0 Å². The Morgan fingerprint density at radius 1 is 1.50 bits per heavy atom. The number of carboxylic acid groups (broad SMARTS) is 1. The maximum Gasteiger partial charge on any atom is 0.329 e. The molecular weight excluding hydrogens is 236 g/mol. The number of carboxylic acids is 1. The number of carbonyl (C=O) groups is 2. The van der Waals surface area contributed by atoms with Gasteiger partial charge in [-0.1, -0.05) is 0 Å². The fourth-order valence-corrected chi connectivity index (χ4v) is 1.13. The summed E-state index contributed by atoms with van der Waals surface area (Å²) in [6, 6.07) is 3.35. The topological polar surface area (TPSA) is 79.7 Å². The summed E-state index contributed by atoms with van der Waals surface area (Å²) < 4.78 is 5.22. The predicted octanol–water partition coefficient (Wildman–Crippen LogP) is 0.782. The van der Waals surface area contributed by atoms with Gasteiger partial charge >= 0.3 is 5.97 Å². The molecule has 0 aliphatic heterocycles. The highest BCUT2D eigenvalue weighted by molar-refractivity contribution is 5.86. The number of hydrogen-bond donors (Lipinski definition) is 1. The molecule has 0 saturated heterocycles. The summed E-state index contributed by atoms with van der Waals surface area (Å²) in [4.78, 5) is 27.8. The quantitative estimate of drug-likeness (QED) is 0.837. The fraction of sp³-hybridized carbons (Fsp3) is 0.417. The highest BCUT2D eigenvalue weighted by Crippen LogP contribution is 2.13. The van der Waals surface area contributed by atoms with Crippen LogP contribution in [0.3, 0.4) is 0 Å². The molecule has 1 heterocycles. The van der Waals surface area contributed by atoms with Gasteiger partial charge in [0, 0.05) is 13.2 Å². The summed E-state index contributed by atoms with van der Waals surface area (Å²) in [6.07, 6.45) is 3.07. The van der Waals surface area contributed by atoms with E-state index in [1.165, 1.54) is 27.1 Å². The van der Waals surface area contributed by atoms with Crippen LogP contribution in [0, 0.1) is 0 Å². The van der Waals surface area contributed by atoms with Crippen molar-refractivity contribution in [1.82, 2.24) is 9.88 Å². The first kappa shape index (κ1) is 14.0. The number of nitrogens with zero attached hydrogens (tertiary/aromatic N) is 2. The third kappa shape index (κ3) is 3.19. The molecule has 0 aliphatic rings. The Balaban J connectivity index is 2.59. The molecule has 18 heavy (non-hydrogen) atoms. The average molecular weight is 252 g/mol. The Bertz CT molecular complexity index is 431. The molecule has 6 nitrogen and oxygen atoms in total. The Morgan fingerprint density at radius 3 is 2.67 bits per heavy atom. The number of pyridine rings is 1. The van der Waals surface area contributed by atoms with Crippen molar-refractivity contribution >= 4 is 11.9 Å². The van der Waals surface area contributed by atoms with Gasteiger partial charge in [0.2, 0.25) is 0 Å². The van der Waals surface area contributed by atoms with Gasteiger partial charge in [-0.15, -0.1) is 0 Å². The summed E-state index contributed by atoms with van der Waals surface area (Å²) in [7, 11) is 1.43. The lowest BCUT2D eigenvalue weighted by atomic mass is 10.0. The van der Waals surface area contributed by atoms with Gasteiger partial charge in [0.05, 0.1) is 6.20 Å². The van der Waals surface area contributed by atoms with Crippen molar-refractivity contribution in [2.45, 2.75) is 19.4 Å². The van der Waals surface area contributed by atoms with Gasteiger partial charge in [-0.05, 0) is 26.0 Å². The lowest BCUT2D eigenvalue weighted by Crippen LogP contribution is -2.52. The number of aliphatic carboxylic acids is 1. The van der Waals surface area contributed by atoms with Crippen LogP contribution in [-0.2, 0) is 9.59 Å². The van der Waals surface area contributed by atoms with Crippen LogP contribution < -0.4 is 4.74 Å². The van der Waals surface area contributed by atoms with E-state index in [0.717, 1.165) is 4.90 Å². The smallest absolute Gasteiger partial charge is 0.329 e. The molecule has 0 atom stereocenters. The van der Waals surface area contributed by atoms with Crippen LogP contribution in [0.4, 0.5) is 0 Å². The molecule has 0 aliphatic carbocycles. The van der Waals surface area contributed by atoms with E-state index in [1.54, 1.807) is 18.3 Å². The molecule has 0 bridgehead atoms. The molecule has 0 spiro atoms. The van der Waals surface area contributed by atoms with Crippen molar-refractivity contribution in [2.75, 3.05) is 13.7 Å². The summed E-state index contributed by atoms with van der Waals surface area (Å²) in [6.45, 7) is 2.69. The number of ether oxygens (including phenoxy) is 1. The van der Waals surface area contributed by atoms with Gasteiger partial charge < -0.3 is 14.7 Å². The van der Waals surface area contributed by atoms with Crippen LogP contribution >= 0.6 is 0 Å². The van der Waals surface area contributed by atoms with E-state index in [0.29, 0.717) is 5.75 Å². The summed E-state index contributed by atoms with van der Waals surface area (Å²) in [5.41, 5.74) is -1.27. The monoisotopic (exact) mass is 252 g/mol. The minimum absolute atomic E-state index is 0.223. The first-order valence-electron chi connectivity index (χ1n) is 5.38. The van der Waals surface area contributed by atoms with Gasteiger partial charge in [0.15, 0.2) is 6.61 Å². The molecule has 1 aromatic rings. The second kappa shape index (κ2) is 5.48. The van der Waals surface area contributed by atoms with Crippen LogP contribution in [0.15, 0.2) is 24.5 Å². The van der Waals surface area contributed by atoms with Crippen LogP contribution in [0.25, 0.3) is 0 Å². The summed E-state index contributed by atoms with van der Waals surface area (Å²) >= 11 is 0. The average Bonchev–Trinajstić information content (AvgIpc) is 2.36. The zero-order chi connectivity index (χ0) is 13.8. The van der Waals surface area contributed by atoms with E-state index in [4.69, 9.17) is 9.84 Å². The Kier molecular flexibility index (Phi) is 4.25. The number of hydrogen-bond acceptors (Lipinski definition) is 4. The van der Waals surface area contributed by atoms with E-state index in [9.17, 15) is 9.59 Å². The molecule has 1 amide bonds. The van der Waals surface area contributed by atoms with Crippen molar-refractivity contribution in [3.05, 3.63) is 24.5 Å². The molecule has 0 radical (unpaired) electrons. The fourth-order valence-electron chi connectivity index (χ4n) is 1.13. The lowest BCUT2D eigenvalue weighted by molar-refractivity contribution is -0.156. The van der Waals surface area contributed by atoms with E-state index < -0.39 is 17.4 Å². The summed E-state index contributed by atoms with van der Waals surface area (Å²) in [5, 5.41) is 9.00. The van der Waals surface area contributed by atoms with Crippen LogP contribution in [-0.4, -0.2) is 46.1 Å². The minimum atomic E-state index is -1.27.